The first kappa shape index (κ1) is 10.1. The highest BCUT2D eigenvalue weighted by Crippen LogP contribution is 2.21. The number of aryl methyl sites for hydroxylation is 1. The van der Waals surface area contributed by atoms with E-state index in [0.717, 1.165) is 9.88 Å². The maximum atomic E-state index is 11.2. The van der Waals surface area contributed by atoms with E-state index in [9.17, 15) is 4.79 Å². The number of hydrogen-bond donors (Lipinski definition) is 1. The van der Waals surface area contributed by atoms with Gasteiger partial charge in [-0.2, -0.15) is 0 Å². The van der Waals surface area contributed by atoms with Gasteiger partial charge in [-0.3, -0.25) is 4.79 Å². The van der Waals surface area contributed by atoms with Crippen molar-refractivity contribution < 1.29 is 9.53 Å². The lowest BCUT2D eigenvalue weighted by Gasteiger charge is -2.07. The smallest absolute Gasteiger partial charge is 0.316 e. The molecule has 0 bridgehead atoms. The Hall–Kier alpha value is -0.940. The predicted molar refractivity (Wildman–Crippen MR) is 50.7 cm³/mol. The number of thiazole rings is 1. The normalized spacial score (nSPS) is 12.5. The van der Waals surface area contributed by atoms with Gasteiger partial charge in [-0.25, -0.2) is 4.98 Å². The van der Waals surface area contributed by atoms with Crippen molar-refractivity contribution in [3.63, 3.8) is 0 Å². The van der Waals surface area contributed by atoms with Crippen molar-refractivity contribution in [1.82, 2.24) is 4.98 Å². The highest BCUT2D eigenvalue weighted by Gasteiger charge is 2.22. The second-order valence-electron chi connectivity index (χ2n) is 2.62. The first-order chi connectivity index (χ1) is 6.19. The van der Waals surface area contributed by atoms with Crippen molar-refractivity contribution in [3.8, 4) is 0 Å². The summed E-state index contributed by atoms with van der Waals surface area (Å²) in [5.41, 5.74) is 5.46. The Morgan fingerprint density at radius 3 is 2.92 bits per heavy atom. The monoisotopic (exact) mass is 200 g/mol. The molecule has 0 spiro atoms. The Kier molecular flexibility index (Phi) is 3.39. The molecule has 1 aromatic heterocycles. The van der Waals surface area contributed by atoms with Crippen LogP contribution < -0.4 is 5.73 Å². The number of rotatable bonds is 3. The quantitative estimate of drug-likeness (QED) is 0.728. The van der Waals surface area contributed by atoms with E-state index in [1.807, 2.05) is 6.92 Å². The molecule has 0 radical (unpaired) electrons. The molecule has 4 nitrogen and oxygen atoms in total. The van der Waals surface area contributed by atoms with Crippen molar-refractivity contribution in [2.45, 2.75) is 12.8 Å². The molecule has 1 heterocycles. The highest BCUT2D eigenvalue weighted by molar-refractivity contribution is 7.11. The molecule has 0 aliphatic heterocycles. The Bertz CT molecular complexity index is 298. The van der Waals surface area contributed by atoms with Crippen LogP contribution in [0.3, 0.4) is 0 Å². The Labute approximate surface area is 80.7 Å². The van der Waals surface area contributed by atoms with Gasteiger partial charge in [0, 0.05) is 17.6 Å². The molecule has 0 amide bonds. The number of hydrogen-bond acceptors (Lipinski definition) is 5. The van der Waals surface area contributed by atoms with Gasteiger partial charge >= 0.3 is 5.97 Å². The number of esters is 1. The second-order valence-corrected chi connectivity index (χ2v) is 3.89. The standard InChI is InChI=1S/C8H12N2O2S/c1-5-4-10-7(13-5)6(3-9)8(11)12-2/h4,6H,3,9H2,1-2H3/t6-/m1/s1. The SMILES string of the molecule is COC(=O)[C@H](CN)c1ncc(C)s1. The molecule has 0 saturated heterocycles. The molecule has 0 aliphatic rings. The zero-order chi connectivity index (χ0) is 9.84. The fourth-order valence-corrected chi connectivity index (χ4v) is 1.85. The fraction of sp³-hybridized carbons (Fsp3) is 0.500. The molecule has 0 aliphatic carbocycles. The van der Waals surface area contributed by atoms with Crippen LogP contribution in [0.15, 0.2) is 6.20 Å². The van der Waals surface area contributed by atoms with Crippen LogP contribution in [0, 0.1) is 6.92 Å². The summed E-state index contributed by atoms with van der Waals surface area (Å²) in [6.45, 7) is 2.17. The van der Waals surface area contributed by atoms with Crippen LogP contribution >= 0.6 is 11.3 Å². The highest BCUT2D eigenvalue weighted by atomic mass is 32.1. The summed E-state index contributed by atoms with van der Waals surface area (Å²) in [4.78, 5) is 16.4. The lowest BCUT2D eigenvalue weighted by Crippen LogP contribution is -2.22. The van der Waals surface area contributed by atoms with Crippen LogP contribution in [0.5, 0.6) is 0 Å². The average molecular weight is 200 g/mol. The van der Waals surface area contributed by atoms with E-state index in [1.54, 1.807) is 6.20 Å². The van der Waals surface area contributed by atoms with Crippen LogP contribution in [0.2, 0.25) is 0 Å². The van der Waals surface area contributed by atoms with E-state index in [1.165, 1.54) is 18.4 Å². The summed E-state index contributed by atoms with van der Waals surface area (Å²) < 4.78 is 4.61. The zero-order valence-corrected chi connectivity index (χ0v) is 8.43. The van der Waals surface area contributed by atoms with Gasteiger partial charge in [0.25, 0.3) is 0 Å². The maximum Gasteiger partial charge on any atom is 0.316 e. The van der Waals surface area contributed by atoms with Crippen molar-refractivity contribution >= 4 is 17.3 Å². The van der Waals surface area contributed by atoms with Crippen LogP contribution in [-0.2, 0) is 9.53 Å². The van der Waals surface area contributed by atoms with E-state index < -0.39 is 5.92 Å². The van der Waals surface area contributed by atoms with E-state index in [0.29, 0.717) is 0 Å². The van der Waals surface area contributed by atoms with Crippen molar-refractivity contribution in [1.29, 1.82) is 0 Å². The lowest BCUT2D eigenvalue weighted by molar-refractivity contribution is -0.142. The van der Waals surface area contributed by atoms with E-state index in [2.05, 4.69) is 9.72 Å². The maximum absolute atomic E-state index is 11.2. The first-order valence-corrected chi connectivity index (χ1v) is 4.71. The second kappa shape index (κ2) is 4.34. The van der Waals surface area contributed by atoms with Crippen LogP contribution in [0.1, 0.15) is 15.8 Å². The van der Waals surface area contributed by atoms with Crippen LogP contribution in [0.25, 0.3) is 0 Å². The third kappa shape index (κ3) is 2.26. The number of aromatic nitrogens is 1. The molecule has 0 unspecified atom stereocenters. The van der Waals surface area contributed by atoms with Gasteiger partial charge in [0.2, 0.25) is 0 Å². The summed E-state index contributed by atoms with van der Waals surface area (Å²) in [5.74, 6) is -0.736. The topological polar surface area (TPSA) is 65.2 Å². The molecule has 0 saturated carbocycles. The van der Waals surface area contributed by atoms with Crippen molar-refractivity contribution in [2.75, 3.05) is 13.7 Å². The predicted octanol–water partition coefficient (Wildman–Crippen LogP) is 0.667. The third-order valence-corrected chi connectivity index (χ3v) is 2.69. The minimum Gasteiger partial charge on any atom is -0.468 e. The Morgan fingerprint density at radius 2 is 2.54 bits per heavy atom. The minimum absolute atomic E-state index is 0.236. The number of nitrogens with zero attached hydrogens (tertiary/aromatic N) is 1. The first-order valence-electron chi connectivity index (χ1n) is 3.89. The third-order valence-electron chi connectivity index (χ3n) is 1.66. The number of ether oxygens (including phenoxy) is 1. The molecular formula is C8H12N2O2S. The van der Waals surface area contributed by atoms with Gasteiger partial charge in [-0.15, -0.1) is 11.3 Å². The van der Waals surface area contributed by atoms with Gasteiger partial charge in [0.1, 0.15) is 10.9 Å². The Morgan fingerprint density at radius 1 is 1.85 bits per heavy atom. The van der Waals surface area contributed by atoms with E-state index in [4.69, 9.17) is 5.73 Å². The fourth-order valence-electron chi connectivity index (χ4n) is 0.973. The molecule has 0 fully saturated rings. The molecular weight excluding hydrogens is 188 g/mol. The van der Waals surface area contributed by atoms with Gasteiger partial charge in [0.15, 0.2) is 0 Å². The summed E-state index contributed by atoms with van der Waals surface area (Å²) in [6.07, 6.45) is 1.73. The molecule has 13 heavy (non-hydrogen) atoms. The molecule has 5 heteroatoms. The summed E-state index contributed by atoms with van der Waals surface area (Å²) in [6, 6.07) is 0. The molecule has 1 rings (SSSR count). The van der Waals surface area contributed by atoms with Gasteiger partial charge in [-0.05, 0) is 6.92 Å². The number of methoxy groups -OCH3 is 1. The van der Waals surface area contributed by atoms with Crippen molar-refractivity contribution in [3.05, 3.63) is 16.1 Å². The van der Waals surface area contributed by atoms with Crippen molar-refractivity contribution in [2.24, 2.45) is 5.73 Å². The minimum atomic E-state index is -0.413. The molecule has 1 atom stereocenters. The number of carbonyl (C=O) groups excluding carboxylic acids is 1. The summed E-state index contributed by atoms with van der Waals surface area (Å²) in [5, 5.41) is 0.729. The van der Waals surface area contributed by atoms with Crippen LogP contribution in [0.4, 0.5) is 0 Å². The molecule has 1 aromatic rings. The summed E-state index contributed by atoms with van der Waals surface area (Å²) in [7, 11) is 1.35. The lowest BCUT2D eigenvalue weighted by atomic mass is 10.1. The number of carbonyl (C=O) groups is 1. The number of nitrogens with two attached hydrogens (primary N) is 1. The van der Waals surface area contributed by atoms with Gasteiger partial charge in [0.05, 0.1) is 7.11 Å². The van der Waals surface area contributed by atoms with E-state index in [-0.39, 0.29) is 12.5 Å². The van der Waals surface area contributed by atoms with Gasteiger partial charge < -0.3 is 10.5 Å². The molecule has 72 valence electrons. The largest absolute Gasteiger partial charge is 0.468 e. The Balaban J connectivity index is 2.84. The van der Waals surface area contributed by atoms with Crippen LogP contribution in [-0.4, -0.2) is 24.6 Å². The average Bonchev–Trinajstić information content (AvgIpc) is 2.53. The van der Waals surface area contributed by atoms with E-state index >= 15 is 0 Å². The zero-order valence-electron chi connectivity index (χ0n) is 7.61. The molecule has 2 N–H and O–H groups in total. The van der Waals surface area contributed by atoms with Gasteiger partial charge in [-0.1, -0.05) is 0 Å². The summed E-state index contributed by atoms with van der Waals surface area (Å²) >= 11 is 1.47. The molecule has 0 aromatic carbocycles.